The normalized spacial score (nSPS) is 10.7. The number of hydrogen-bond acceptors (Lipinski definition) is 4. The average molecular weight is 428 g/mol. The van der Waals surface area contributed by atoms with E-state index in [1.54, 1.807) is 0 Å². The van der Waals surface area contributed by atoms with Crippen molar-refractivity contribution in [1.29, 1.82) is 0 Å². The number of anilines is 1. The lowest BCUT2D eigenvalue weighted by Gasteiger charge is -2.15. The fraction of sp³-hybridized carbons (Fsp3) is 0.214. The molecule has 4 rings (SSSR count). The van der Waals surface area contributed by atoms with Gasteiger partial charge >= 0.3 is 0 Å². The highest BCUT2D eigenvalue weighted by Crippen LogP contribution is 2.30. The summed E-state index contributed by atoms with van der Waals surface area (Å²) >= 11 is 0. The first-order valence-corrected chi connectivity index (χ1v) is 11.1. The smallest absolute Gasteiger partial charge is 0.161 e. The van der Waals surface area contributed by atoms with Gasteiger partial charge in [-0.25, -0.2) is 0 Å². The number of benzene rings is 4. The van der Waals surface area contributed by atoms with Gasteiger partial charge in [-0.05, 0) is 72.1 Å². The maximum atomic E-state index is 6.18. The van der Waals surface area contributed by atoms with Crippen molar-refractivity contribution in [3.8, 4) is 17.2 Å². The first-order chi connectivity index (χ1) is 15.8. The third-order valence-electron chi connectivity index (χ3n) is 5.23. The van der Waals surface area contributed by atoms with Gasteiger partial charge in [-0.3, -0.25) is 0 Å². The summed E-state index contributed by atoms with van der Waals surface area (Å²) in [5, 5.41) is 5.87. The number of nitrogens with one attached hydrogen (secondary N) is 1. The standard InChI is InChI=1S/C28H29NO3/c1-3-30-25-15-13-24(14-16-25)29-19-21-12-17-27(28(18-21)31-4-2)32-20-23-10-7-9-22-8-5-6-11-26(22)23/h5-18,29H,3-4,19-20H2,1-2H3. The fourth-order valence-corrected chi connectivity index (χ4v) is 3.66. The zero-order chi connectivity index (χ0) is 22.2. The van der Waals surface area contributed by atoms with Crippen LogP contribution >= 0.6 is 0 Å². The summed E-state index contributed by atoms with van der Waals surface area (Å²) in [5.41, 5.74) is 3.33. The molecule has 0 radical (unpaired) electrons. The Balaban J connectivity index is 1.44. The molecule has 4 heteroatoms. The lowest BCUT2D eigenvalue weighted by Crippen LogP contribution is -2.03. The van der Waals surface area contributed by atoms with E-state index in [4.69, 9.17) is 14.2 Å². The lowest BCUT2D eigenvalue weighted by molar-refractivity contribution is 0.270. The zero-order valence-electron chi connectivity index (χ0n) is 18.6. The molecule has 0 aliphatic carbocycles. The van der Waals surface area contributed by atoms with Crippen LogP contribution in [0.25, 0.3) is 10.8 Å². The van der Waals surface area contributed by atoms with Crippen LogP contribution in [-0.4, -0.2) is 13.2 Å². The first kappa shape index (κ1) is 21.6. The molecule has 4 aromatic carbocycles. The molecule has 0 atom stereocenters. The van der Waals surface area contributed by atoms with Crippen molar-refractivity contribution >= 4 is 16.5 Å². The molecule has 0 unspecified atom stereocenters. The van der Waals surface area contributed by atoms with E-state index in [1.165, 1.54) is 10.8 Å². The Morgan fingerprint density at radius 1 is 0.688 bits per heavy atom. The molecular formula is C28H29NO3. The maximum Gasteiger partial charge on any atom is 0.161 e. The van der Waals surface area contributed by atoms with E-state index in [9.17, 15) is 0 Å². The summed E-state index contributed by atoms with van der Waals surface area (Å²) in [6.45, 7) is 6.40. The molecule has 0 saturated heterocycles. The highest BCUT2D eigenvalue weighted by Gasteiger charge is 2.09. The largest absolute Gasteiger partial charge is 0.494 e. The molecule has 0 aliphatic heterocycles. The molecule has 0 aromatic heterocycles. The van der Waals surface area contributed by atoms with E-state index in [-0.39, 0.29) is 0 Å². The fourth-order valence-electron chi connectivity index (χ4n) is 3.66. The van der Waals surface area contributed by atoms with Crippen LogP contribution in [0.1, 0.15) is 25.0 Å². The number of fused-ring (bicyclic) bond motifs is 1. The van der Waals surface area contributed by atoms with Gasteiger partial charge in [-0.15, -0.1) is 0 Å². The van der Waals surface area contributed by atoms with Gasteiger partial charge in [0, 0.05) is 12.2 Å². The van der Waals surface area contributed by atoms with Crippen LogP contribution < -0.4 is 19.5 Å². The predicted molar refractivity (Wildman–Crippen MR) is 131 cm³/mol. The Hall–Kier alpha value is -3.66. The molecule has 0 spiro atoms. The van der Waals surface area contributed by atoms with Crippen LogP contribution in [0.4, 0.5) is 5.69 Å². The number of hydrogen-bond donors (Lipinski definition) is 1. The topological polar surface area (TPSA) is 39.7 Å². The maximum absolute atomic E-state index is 6.18. The van der Waals surface area contributed by atoms with Gasteiger partial charge < -0.3 is 19.5 Å². The molecule has 1 N–H and O–H groups in total. The summed E-state index contributed by atoms with van der Waals surface area (Å²) in [5.74, 6) is 2.40. The van der Waals surface area contributed by atoms with Crippen molar-refractivity contribution in [3.05, 3.63) is 96.1 Å². The lowest BCUT2D eigenvalue weighted by atomic mass is 10.1. The second-order valence-electron chi connectivity index (χ2n) is 7.45. The van der Waals surface area contributed by atoms with Crippen LogP contribution in [-0.2, 0) is 13.2 Å². The molecule has 0 fully saturated rings. The van der Waals surface area contributed by atoms with E-state index >= 15 is 0 Å². The first-order valence-electron chi connectivity index (χ1n) is 11.1. The van der Waals surface area contributed by atoms with E-state index in [0.29, 0.717) is 26.4 Å². The molecule has 4 aromatic rings. The summed E-state index contributed by atoms with van der Waals surface area (Å²) in [4.78, 5) is 0. The monoisotopic (exact) mass is 427 g/mol. The molecule has 0 amide bonds. The Morgan fingerprint density at radius 2 is 1.47 bits per heavy atom. The van der Waals surface area contributed by atoms with E-state index in [2.05, 4.69) is 53.8 Å². The quantitative estimate of drug-likeness (QED) is 0.301. The molecule has 0 heterocycles. The average Bonchev–Trinajstić information content (AvgIpc) is 2.83. The summed E-state index contributed by atoms with van der Waals surface area (Å²) in [6, 6.07) is 28.8. The van der Waals surface area contributed by atoms with Crippen molar-refractivity contribution in [1.82, 2.24) is 0 Å². The highest BCUT2D eigenvalue weighted by atomic mass is 16.5. The van der Waals surface area contributed by atoms with Gasteiger partial charge in [-0.1, -0.05) is 48.5 Å². The Kier molecular flexibility index (Phi) is 7.13. The highest BCUT2D eigenvalue weighted by molar-refractivity contribution is 5.85. The second-order valence-corrected chi connectivity index (χ2v) is 7.45. The van der Waals surface area contributed by atoms with Crippen molar-refractivity contribution in [2.45, 2.75) is 27.0 Å². The van der Waals surface area contributed by atoms with Crippen LogP contribution in [0.5, 0.6) is 17.2 Å². The third-order valence-corrected chi connectivity index (χ3v) is 5.23. The minimum Gasteiger partial charge on any atom is -0.494 e. The van der Waals surface area contributed by atoms with Gasteiger partial charge in [0.25, 0.3) is 0 Å². The predicted octanol–water partition coefficient (Wildman–Crippen LogP) is 6.83. The van der Waals surface area contributed by atoms with Crippen LogP contribution in [0.15, 0.2) is 84.9 Å². The Bertz CT molecular complexity index is 1150. The molecule has 0 bridgehead atoms. The van der Waals surface area contributed by atoms with Crippen molar-refractivity contribution in [3.63, 3.8) is 0 Å². The van der Waals surface area contributed by atoms with Gasteiger partial charge in [0.15, 0.2) is 11.5 Å². The van der Waals surface area contributed by atoms with Crippen molar-refractivity contribution < 1.29 is 14.2 Å². The SMILES string of the molecule is CCOc1ccc(NCc2ccc(OCc3cccc4ccccc34)c(OCC)c2)cc1. The van der Waals surface area contributed by atoms with E-state index in [0.717, 1.165) is 34.1 Å². The summed E-state index contributed by atoms with van der Waals surface area (Å²) < 4.78 is 17.6. The molecule has 164 valence electrons. The second kappa shape index (κ2) is 10.6. The summed E-state index contributed by atoms with van der Waals surface area (Å²) in [6.07, 6.45) is 0. The number of rotatable bonds is 10. The molecule has 4 nitrogen and oxygen atoms in total. The van der Waals surface area contributed by atoms with E-state index < -0.39 is 0 Å². The Morgan fingerprint density at radius 3 is 2.28 bits per heavy atom. The van der Waals surface area contributed by atoms with Gasteiger partial charge in [0.05, 0.1) is 13.2 Å². The van der Waals surface area contributed by atoms with Crippen LogP contribution in [0, 0.1) is 0 Å². The number of ether oxygens (including phenoxy) is 3. The minimum atomic E-state index is 0.491. The van der Waals surface area contributed by atoms with Gasteiger partial charge in [0.2, 0.25) is 0 Å². The van der Waals surface area contributed by atoms with Gasteiger partial charge in [0.1, 0.15) is 12.4 Å². The minimum absolute atomic E-state index is 0.491. The van der Waals surface area contributed by atoms with Crippen molar-refractivity contribution in [2.24, 2.45) is 0 Å². The van der Waals surface area contributed by atoms with Crippen molar-refractivity contribution in [2.75, 3.05) is 18.5 Å². The Labute approximate surface area is 189 Å². The molecule has 32 heavy (non-hydrogen) atoms. The molecular weight excluding hydrogens is 398 g/mol. The van der Waals surface area contributed by atoms with Gasteiger partial charge in [-0.2, -0.15) is 0 Å². The van der Waals surface area contributed by atoms with Crippen LogP contribution in [0.3, 0.4) is 0 Å². The van der Waals surface area contributed by atoms with E-state index in [1.807, 2.05) is 50.2 Å². The van der Waals surface area contributed by atoms with Crippen LogP contribution in [0.2, 0.25) is 0 Å². The third kappa shape index (κ3) is 5.33. The molecule has 0 aliphatic rings. The summed E-state index contributed by atoms with van der Waals surface area (Å²) in [7, 11) is 0. The molecule has 0 saturated carbocycles. The zero-order valence-corrected chi connectivity index (χ0v) is 18.6.